The molecular weight excluding hydrogens is 288 g/mol. The van der Waals surface area contributed by atoms with E-state index in [1.807, 2.05) is 73.7 Å². The first-order valence-corrected chi connectivity index (χ1v) is 7.63. The van der Waals surface area contributed by atoms with Crippen molar-refractivity contribution in [1.29, 1.82) is 0 Å². The monoisotopic (exact) mass is 306 g/mol. The molecule has 0 unspecified atom stereocenters. The SMILES string of the molecule is CCOC(=O)Cc1cc(-c2ccccc2)nn1-c1ccccc1. The maximum atomic E-state index is 11.9. The van der Waals surface area contributed by atoms with Crippen LogP contribution in [-0.4, -0.2) is 22.4 Å². The Morgan fingerprint density at radius 3 is 2.35 bits per heavy atom. The summed E-state index contributed by atoms with van der Waals surface area (Å²) in [6, 6.07) is 21.7. The van der Waals surface area contributed by atoms with E-state index in [0.717, 1.165) is 22.6 Å². The van der Waals surface area contributed by atoms with E-state index in [2.05, 4.69) is 5.10 Å². The zero-order valence-electron chi connectivity index (χ0n) is 13.0. The summed E-state index contributed by atoms with van der Waals surface area (Å²) in [5.41, 5.74) is 3.60. The van der Waals surface area contributed by atoms with E-state index in [-0.39, 0.29) is 12.4 Å². The second-order valence-corrected chi connectivity index (χ2v) is 5.12. The Bertz CT molecular complexity index is 780. The minimum absolute atomic E-state index is 0.197. The summed E-state index contributed by atoms with van der Waals surface area (Å²) < 4.78 is 6.88. The number of benzene rings is 2. The molecule has 4 heteroatoms. The molecule has 1 aromatic heterocycles. The lowest BCUT2D eigenvalue weighted by atomic mass is 10.1. The Labute approximate surface area is 135 Å². The molecule has 2 aromatic carbocycles. The molecule has 4 nitrogen and oxygen atoms in total. The lowest BCUT2D eigenvalue weighted by Gasteiger charge is -2.06. The molecular formula is C19H18N2O2. The number of esters is 1. The van der Waals surface area contributed by atoms with E-state index < -0.39 is 0 Å². The Balaban J connectivity index is 2.02. The first kappa shape index (κ1) is 15.0. The van der Waals surface area contributed by atoms with Crippen molar-refractivity contribution in [2.24, 2.45) is 0 Å². The summed E-state index contributed by atoms with van der Waals surface area (Å²) in [5, 5.41) is 4.67. The molecule has 0 saturated carbocycles. The fraction of sp³-hybridized carbons (Fsp3) is 0.158. The number of ether oxygens (including phenoxy) is 1. The molecule has 0 fully saturated rings. The second kappa shape index (κ2) is 6.92. The predicted molar refractivity (Wildman–Crippen MR) is 89.3 cm³/mol. The Hall–Kier alpha value is -2.88. The third kappa shape index (κ3) is 3.48. The summed E-state index contributed by atoms with van der Waals surface area (Å²) >= 11 is 0. The van der Waals surface area contributed by atoms with Gasteiger partial charge in [0.05, 0.1) is 30.1 Å². The molecule has 0 aliphatic carbocycles. The van der Waals surface area contributed by atoms with Gasteiger partial charge in [-0.1, -0.05) is 48.5 Å². The fourth-order valence-electron chi connectivity index (χ4n) is 2.45. The number of para-hydroxylation sites is 1. The van der Waals surface area contributed by atoms with Gasteiger partial charge in [-0.25, -0.2) is 4.68 Å². The van der Waals surface area contributed by atoms with E-state index in [0.29, 0.717) is 6.61 Å². The number of nitrogens with zero attached hydrogens (tertiary/aromatic N) is 2. The third-order valence-corrected chi connectivity index (χ3v) is 3.48. The highest BCUT2D eigenvalue weighted by Gasteiger charge is 2.14. The summed E-state index contributed by atoms with van der Waals surface area (Å²) in [4.78, 5) is 11.9. The first-order chi connectivity index (χ1) is 11.3. The molecule has 0 amide bonds. The van der Waals surface area contributed by atoms with E-state index in [1.165, 1.54) is 0 Å². The minimum Gasteiger partial charge on any atom is -0.466 e. The zero-order valence-corrected chi connectivity index (χ0v) is 13.0. The van der Waals surface area contributed by atoms with Gasteiger partial charge in [0.1, 0.15) is 0 Å². The van der Waals surface area contributed by atoms with Gasteiger partial charge in [-0.05, 0) is 25.1 Å². The van der Waals surface area contributed by atoms with Crippen molar-refractivity contribution in [3.05, 3.63) is 72.4 Å². The number of rotatable bonds is 5. The van der Waals surface area contributed by atoms with E-state index in [4.69, 9.17) is 4.74 Å². The maximum Gasteiger partial charge on any atom is 0.311 e. The number of aromatic nitrogens is 2. The highest BCUT2D eigenvalue weighted by atomic mass is 16.5. The lowest BCUT2D eigenvalue weighted by molar-refractivity contribution is -0.142. The van der Waals surface area contributed by atoms with Crippen LogP contribution in [-0.2, 0) is 16.0 Å². The van der Waals surface area contributed by atoms with E-state index >= 15 is 0 Å². The Kier molecular flexibility index (Phi) is 4.52. The van der Waals surface area contributed by atoms with Crippen LogP contribution in [0.4, 0.5) is 0 Å². The number of hydrogen-bond donors (Lipinski definition) is 0. The standard InChI is InChI=1S/C19H18N2O2/c1-2-23-19(22)14-17-13-18(15-9-5-3-6-10-15)20-21(17)16-11-7-4-8-12-16/h3-13H,2,14H2,1H3. The van der Waals surface area contributed by atoms with Crippen LogP contribution in [0, 0.1) is 0 Å². The normalized spacial score (nSPS) is 10.5. The van der Waals surface area contributed by atoms with Gasteiger partial charge in [0.2, 0.25) is 0 Å². The highest BCUT2D eigenvalue weighted by Crippen LogP contribution is 2.22. The highest BCUT2D eigenvalue weighted by molar-refractivity contribution is 5.73. The fourth-order valence-corrected chi connectivity index (χ4v) is 2.45. The van der Waals surface area contributed by atoms with Crippen LogP contribution in [0.3, 0.4) is 0 Å². The van der Waals surface area contributed by atoms with Crippen LogP contribution in [0.2, 0.25) is 0 Å². The molecule has 0 aliphatic rings. The molecule has 0 saturated heterocycles. The van der Waals surface area contributed by atoms with Crippen LogP contribution < -0.4 is 0 Å². The van der Waals surface area contributed by atoms with Crippen LogP contribution >= 0.6 is 0 Å². The largest absolute Gasteiger partial charge is 0.466 e. The molecule has 0 bridgehead atoms. The Morgan fingerprint density at radius 1 is 1.04 bits per heavy atom. The van der Waals surface area contributed by atoms with Gasteiger partial charge in [0.15, 0.2) is 0 Å². The van der Waals surface area contributed by atoms with Crippen molar-refractivity contribution in [2.75, 3.05) is 6.61 Å². The number of hydrogen-bond acceptors (Lipinski definition) is 3. The van der Waals surface area contributed by atoms with Crippen molar-refractivity contribution < 1.29 is 9.53 Å². The third-order valence-electron chi connectivity index (χ3n) is 3.48. The van der Waals surface area contributed by atoms with Gasteiger partial charge in [-0.3, -0.25) is 4.79 Å². The van der Waals surface area contributed by atoms with Crippen molar-refractivity contribution in [3.8, 4) is 16.9 Å². The van der Waals surface area contributed by atoms with Crippen LogP contribution in [0.1, 0.15) is 12.6 Å². The molecule has 3 aromatic rings. The number of carbonyl (C=O) groups excluding carboxylic acids is 1. The molecule has 0 N–H and O–H groups in total. The van der Waals surface area contributed by atoms with Crippen molar-refractivity contribution in [3.63, 3.8) is 0 Å². The average molecular weight is 306 g/mol. The number of carbonyl (C=O) groups is 1. The van der Waals surface area contributed by atoms with E-state index in [1.54, 1.807) is 4.68 Å². The van der Waals surface area contributed by atoms with Crippen LogP contribution in [0.25, 0.3) is 16.9 Å². The van der Waals surface area contributed by atoms with Crippen LogP contribution in [0.5, 0.6) is 0 Å². The van der Waals surface area contributed by atoms with Crippen LogP contribution in [0.15, 0.2) is 66.7 Å². The van der Waals surface area contributed by atoms with Gasteiger partial charge >= 0.3 is 5.97 Å². The van der Waals surface area contributed by atoms with Gasteiger partial charge in [0.25, 0.3) is 0 Å². The summed E-state index contributed by atoms with van der Waals surface area (Å²) in [6.45, 7) is 2.19. The smallest absolute Gasteiger partial charge is 0.311 e. The molecule has 0 radical (unpaired) electrons. The van der Waals surface area contributed by atoms with Crippen molar-refractivity contribution in [1.82, 2.24) is 9.78 Å². The summed E-state index contributed by atoms with van der Waals surface area (Å²) in [6.07, 6.45) is 0.197. The molecule has 1 heterocycles. The molecule has 0 atom stereocenters. The van der Waals surface area contributed by atoms with Gasteiger partial charge < -0.3 is 4.74 Å². The molecule has 0 aliphatic heterocycles. The summed E-state index contributed by atoms with van der Waals surface area (Å²) in [7, 11) is 0. The maximum absolute atomic E-state index is 11.9. The second-order valence-electron chi connectivity index (χ2n) is 5.12. The zero-order chi connectivity index (χ0) is 16.1. The molecule has 0 spiro atoms. The first-order valence-electron chi connectivity index (χ1n) is 7.63. The topological polar surface area (TPSA) is 44.1 Å². The predicted octanol–water partition coefficient (Wildman–Crippen LogP) is 3.64. The Morgan fingerprint density at radius 2 is 1.70 bits per heavy atom. The average Bonchev–Trinajstić information content (AvgIpc) is 3.00. The molecule has 3 rings (SSSR count). The summed E-state index contributed by atoms with van der Waals surface area (Å²) in [5.74, 6) is -0.246. The lowest BCUT2D eigenvalue weighted by Crippen LogP contribution is -2.11. The van der Waals surface area contributed by atoms with Gasteiger partial charge in [-0.15, -0.1) is 0 Å². The van der Waals surface area contributed by atoms with E-state index in [9.17, 15) is 4.79 Å². The minimum atomic E-state index is -0.246. The van der Waals surface area contributed by atoms with Gasteiger partial charge in [0, 0.05) is 5.56 Å². The van der Waals surface area contributed by atoms with Gasteiger partial charge in [-0.2, -0.15) is 5.10 Å². The quantitative estimate of drug-likeness (QED) is 0.676. The van der Waals surface area contributed by atoms with Crippen molar-refractivity contribution in [2.45, 2.75) is 13.3 Å². The molecule has 116 valence electrons. The molecule has 23 heavy (non-hydrogen) atoms. The van der Waals surface area contributed by atoms with Crippen molar-refractivity contribution >= 4 is 5.97 Å².